The SMILES string of the molecule is C#CCOc1ccc2oc(C(F)(F)F)cc(=O)c2c1C=O. The highest BCUT2D eigenvalue weighted by atomic mass is 19.4. The zero-order valence-corrected chi connectivity index (χ0v) is 10.4. The summed E-state index contributed by atoms with van der Waals surface area (Å²) >= 11 is 0. The Kier molecular flexibility index (Phi) is 3.72. The number of carbonyl (C=O) groups is 1. The molecule has 0 fully saturated rings. The molecule has 0 spiro atoms. The van der Waals surface area contributed by atoms with Crippen molar-refractivity contribution in [2.45, 2.75) is 6.18 Å². The van der Waals surface area contributed by atoms with Crippen LogP contribution in [-0.2, 0) is 6.18 Å². The van der Waals surface area contributed by atoms with Gasteiger partial charge in [-0.15, -0.1) is 6.42 Å². The van der Waals surface area contributed by atoms with E-state index in [0.29, 0.717) is 12.4 Å². The van der Waals surface area contributed by atoms with Crippen LogP contribution in [0.25, 0.3) is 11.0 Å². The number of hydrogen-bond donors (Lipinski definition) is 0. The summed E-state index contributed by atoms with van der Waals surface area (Å²) in [7, 11) is 0. The molecule has 0 aliphatic rings. The summed E-state index contributed by atoms with van der Waals surface area (Å²) in [6, 6.07) is 2.62. The highest BCUT2D eigenvalue weighted by Gasteiger charge is 2.35. The van der Waals surface area contributed by atoms with E-state index in [9.17, 15) is 22.8 Å². The van der Waals surface area contributed by atoms with Gasteiger partial charge in [-0.3, -0.25) is 9.59 Å². The molecule has 2 rings (SSSR count). The number of aldehydes is 1. The summed E-state index contributed by atoms with van der Waals surface area (Å²) in [5, 5.41) is -0.285. The van der Waals surface area contributed by atoms with Crippen LogP contribution in [0, 0.1) is 12.3 Å². The molecule has 0 aliphatic carbocycles. The van der Waals surface area contributed by atoms with E-state index in [0.717, 1.165) is 6.07 Å². The summed E-state index contributed by atoms with van der Waals surface area (Å²) in [5.74, 6) is 0.737. The van der Waals surface area contributed by atoms with Crippen molar-refractivity contribution in [1.29, 1.82) is 0 Å². The minimum Gasteiger partial charge on any atom is -0.480 e. The molecular weight excluding hydrogens is 289 g/mol. The van der Waals surface area contributed by atoms with E-state index in [4.69, 9.17) is 11.2 Å². The van der Waals surface area contributed by atoms with Crippen molar-refractivity contribution in [2.75, 3.05) is 6.61 Å². The Bertz CT molecular complexity index is 797. The van der Waals surface area contributed by atoms with Gasteiger partial charge in [0.05, 0.1) is 10.9 Å². The topological polar surface area (TPSA) is 56.5 Å². The van der Waals surface area contributed by atoms with Crippen LogP contribution in [0.3, 0.4) is 0 Å². The Labute approximate surface area is 116 Å². The second kappa shape index (κ2) is 5.32. The van der Waals surface area contributed by atoms with Gasteiger partial charge >= 0.3 is 6.18 Å². The largest absolute Gasteiger partial charge is 0.480 e. The number of ether oxygens (including phenoxy) is 1. The Morgan fingerprint density at radius 2 is 2.10 bits per heavy atom. The van der Waals surface area contributed by atoms with Crippen molar-refractivity contribution >= 4 is 17.3 Å². The Hall–Kier alpha value is -2.75. The van der Waals surface area contributed by atoms with Gasteiger partial charge in [0.1, 0.15) is 17.9 Å². The predicted molar refractivity (Wildman–Crippen MR) is 67.2 cm³/mol. The molecule has 0 unspecified atom stereocenters. The lowest BCUT2D eigenvalue weighted by Gasteiger charge is -2.10. The van der Waals surface area contributed by atoms with Gasteiger partial charge in [0, 0.05) is 6.07 Å². The van der Waals surface area contributed by atoms with Crippen molar-refractivity contribution < 1.29 is 27.1 Å². The van der Waals surface area contributed by atoms with Gasteiger partial charge < -0.3 is 9.15 Å². The third-order valence-electron chi connectivity index (χ3n) is 2.60. The van der Waals surface area contributed by atoms with Gasteiger partial charge in [-0.2, -0.15) is 13.2 Å². The molecule has 0 radical (unpaired) electrons. The van der Waals surface area contributed by atoms with Crippen LogP contribution in [0.1, 0.15) is 16.1 Å². The van der Waals surface area contributed by atoms with Crippen LogP contribution < -0.4 is 10.2 Å². The van der Waals surface area contributed by atoms with Crippen LogP contribution >= 0.6 is 0 Å². The number of alkyl halides is 3. The van der Waals surface area contributed by atoms with Crippen molar-refractivity contribution in [3.05, 3.63) is 39.7 Å². The third-order valence-corrected chi connectivity index (χ3v) is 2.60. The summed E-state index contributed by atoms with van der Waals surface area (Å²) in [5.41, 5.74) is -1.55. The highest BCUT2D eigenvalue weighted by molar-refractivity contribution is 5.98. The summed E-state index contributed by atoms with van der Waals surface area (Å²) in [4.78, 5) is 22.9. The first-order chi connectivity index (χ1) is 9.88. The molecule has 0 bridgehead atoms. The summed E-state index contributed by atoms with van der Waals surface area (Å²) in [6.07, 6.45) is 0.515. The van der Waals surface area contributed by atoms with E-state index in [1.54, 1.807) is 0 Å². The van der Waals surface area contributed by atoms with Crippen molar-refractivity contribution in [2.24, 2.45) is 0 Å². The quantitative estimate of drug-likeness (QED) is 0.645. The van der Waals surface area contributed by atoms with Gasteiger partial charge in [-0.05, 0) is 12.1 Å². The average Bonchev–Trinajstić information content (AvgIpc) is 2.43. The first-order valence-corrected chi connectivity index (χ1v) is 5.58. The average molecular weight is 296 g/mol. The van der Waals surface area contributed by atoms with Gasteiger partial charge in [-0.1, -0.05) is 5.92 Å². The standard InChI is InChI=1S/C14H7F3O4/c1-2-5-20-10-3-4-11-13(8(10)7-18)9(19)6-12(21-11)14(15,16)17/h1,3-4,6-7H,5H2. The number of rotatable bonds is 3. The number of hydrogen-bond acceptors (Lipinski definition) is 4. The van der Waals surface area contributed by atoms with E-state index in [1.807, 2.05) is 0 Å². The predicted octanol–water partition coefficient (Wildman–Crippen LogP) is 2.64. The first kappa shape index (κ1) is 14.7. The van der Waals surface area contributed by atoms with Gasteiger partial charge in [0.25, 0.3) is 0 Å². The Morgan fingerprint density at radius 3 is 2.67 bits per heavy atom. The summed E-state index contributed by atoms with van der Waals surface area (Å²) < 4.78 is 47.4. The number of carbonyl (C=O) groups excluding carboxylic acids is 1. The molecule has 1 heterocycles. The second-order valence-electron chi connectivity index (χ2n) is 3.93. The molecule has 108 valence electrons. The normalized spacial score (nSPS) is 11.1. The monoisotopic (exact) mass is 296 g/mol. The van der Waals surface area contributed by atoms with Crippen LogP contribution in [0.4, 0.5) is 13.2 Å². The van der Waals surface area contributed by atoms with Gasteiger partial charge in [-0.25, -0.2) is 0 Å². The number of fused-ring (bicyclic) bond motifs is 1. The first-order valence-electron chi connectivity index (χ1n) is 5.58. The smallest absolute Gasteiger partial charge is 0.449 e. The molecule has 2 aromatic rings. The molecule has 21 heavy (non-hydrogen) atoms. The molecule has 4 nitrogen and oxygen atoms in total. The van der Waals surface area contributed by atoms with Crippen molar-refractivity contribution in [1.82, 2.24) is 0 Å². The van der Waals surface area contributed by atoms with Crippen LogP contribution in [0.15, 0.2) is 27.4 Å². The maximum Gasteiger partial charge on any atom is 0.449 e. The molecule has 0 atom stereocenters. The van der Waals surface area contributed by atoms with Crippen molar-refractivity contribution in [3.8, 4) is 18.1 Å². The van der Waals surface area contributed by atoms with Crippen LogP contribution in [-0.4, -0.2) is 12.9 Å². The van der Waals surface area contributed by atoms with E-state index in [2.05, 4.69) is 10.3 Å². The maximum absolute atomic E-state index is 12.6. The number of halogens is 3. The van der Waals surface area contributed by atoms with Crippen LogP contribution in [0.2, 0.25) is 0 Å². The van der Waals surface area contributed by atoms with Crippen molar-refractivity contribution in [3.63, 3.8) is 0 Å². The molecule has 0 saturated heterocycles. The third kappa shape index (κ3) is 2.74. The number of terminal acetylenes is 1. The fourth-order valence-electron chi connectivity index (χ4n) is 1.76. The Morgan fingerprint density at radius 1 is 1.38 bits per heavy atom. The van der Waals surface area contributed by atoms with E-state index < -0.39 is 17.4 Å². The van der Waals surface area contributed by atoms with E-state index in [1.165, 1.54) is 6.07 Å². The van der Waals surface area contributed by atoms with Gasteiger partial charge in [0.2, 0.25) is 5.76 Å². The molecule has 7 heteroatoms. The second-order valence-corrected chi connectivity index (χ2v) is 3.93. The molecular formula is C14H7F3O4. The lowest BCUT2D eigenvalue weighted by molar-refractivity contribution is -0.152. The molecule has 0 saturated carbocycles. The zero-order chi connectivity index (χ0) is 15.6. The lowest BCUT2D eigenvalue weighted by atomic mass is 10.1. The summed E-state index contributed by atoms with van der Waals surface area (Å²) in [6.45, 7) is -0.154. The fraction of sp³-hybridized carbons (Fsp3) is 0.143. The molecule has 1 aromatic carbocycles. The van der Waals surface area contributed by atoms with Crippen LogP contribution in [0.5, 0.6) is 5.75 Å². The fourth-order valence-corrected chi connectivity index (χ4v) is 1.76. The van der Waals surface area contributed by atoms with E-state index in [-0.39, 0.29) is 28.9 Å². The van der Waals surface area contributed by atoms with E-state index >= 15 is 0 Å². The number of benzene rings is 1. The zero-order valence-electron chi connectivity index (χ0n) is 10.4. The van der Waals surface area contributed by atoms with Gasteiger partial charge in [0.15, 0.2) is 11.7 Å². The molecule has 0 aliphatic heterocycles. The molecule has 0 N–H and O–H groups in total. The minimum atomic E-state index is -4.80. The highest BCUT2D eigenvalue weighted by Crippen LogP contribution is 2.32. The minimum absolute atomic E-state index is 0.00232. The molecule has 1 aromatic heterocycles. The lowest BCUT2D eigenvalue weighted by Crippen LogP contribution is -2.12. The maximum atomic E-state index is 12.6. The molecule has 0 amide bonds. The Balaban J connectivity index is 2.74.